The van der Waals surface area contributed by atoms with Crippen LogP contribution in [-0.2, 0) is 4.79 Å². The molecule has 88 valence electrons. The molecule has 3 heteroatoms. The first kappa shape index (κ1) is 12.7. The van der Waals surface area contributed by atoms with Gasteiger partial charge in [0.1, 0.15) is 5.54 Å². The largest absolute Gasteiger partial charge is 0.480 e. The van der Waals surface area contributed by atoms with Crippen molar-refractivity contribution in [3.63, 3.8) is 0 Å². The highest BCUT2D eigenvalue weighted by molar-refractivity contribution is 5.77. The highest BCUT2D eigenvalue weighted by atomic mass is 16.4. The molecule has 0 heterocycles. The normalized spacial score (nSPS) is 13.8. The van der Waals surface area contributed by atoms with Crippen molar-refractivity contribution >= 4 is 5.97 Å². The monoisotopic (exact) mass is 221 g/mol. The van der Waals surface area contributed by atoms with Crippen molar-refractivity contribution in [2.24, 2.45) is 0 Å². The third-order valence-corrected chi connectivity index (χ3v) is 3.27. The van der Waals surface area contributed by atoms with Crippen LogP contribution in [0.4, 0.5) is 0 Å². The summed E-state index contributed by atoms with van der Waals surface area (Å²) in [5.74, 6) is -0.808. The summed E-state index contributed by atoms with van der Waals surface area (Å²) in [6.07, 6.45) is 0. The number of aliphatic carboxylic acids is 1. The lowest BCUT2D eigenvalue weighted by Gasteiger charge is -2.36. The second kappa shape index (κ2) is 4.66. The summed E-state index contributed by atoms with van der Waals surface area (Å²) >= 11 is 0. The zero-order chi connectivity index (χ0) is 12.3. The lowest BCUT2D eigenvalue weighted by molar-refractivity contribution is -0.149. The van der Waals surface area contributed by atoms with Crippen LogP contribution in [0, 0.1) is 0 Å². The lowest BCUT2D eigenvalue weighted by Crippen LogP contribution is -2.48. The van der Waals surface area contributed by atoms with Gasteiger partial charge in [-0.1, -0.05) is 30.3 Å². The van der Waals surface area contributed by atoms with E-state index in [2.05, 4.69) is 0 Å². The van der Waals surface area contributed by atoms with Crippen LogP contribution in [0.3, 0.4) is 0 Å². The number of carbonyl (C=O) groups is 1. The molecule has 1 aromatic carbocycles. The molecule has 0 saturated carbocycles. The number of hydrogen-bond donors (Lipinski definition) is 1. The van der Waals surface area contributed by atoms with Gasteiger partial charge in [0.05, 0.1) is 0 Å². The predicted molar refractivity (Wildman–Crippen MR) is 64.3 cm³/mol. The Morgan fingerprint density at radius 1 is 1.31 bits per heavy atom. The molecule has 1 atom stereocenters. The minimum Gasteiger partial charge on any atom is -0.480 e. The smallest absolute Gasteiger partial charge is 0.323 e. The second-order valence-electron chi connectivity index (χ2n) is 4.56. The number of likely N-dealkylation sites (N-methyl/N-ethyl adjacent to an activating group) is 1. The molecule has 1 aromatic rings. The standard InChI is InChI=1S/C13H19NO2/c1-10(11-8-6-5-7-9-11)14(4)13(2,3)12(15)16/h5-10H,1-4H3,(H,15,16). The molecule has 0 aromatic heterocycles. The van der Waals surface area contributed by atoms with Gasteiger partial charge >= 0.3 is 5.97 Å². The van der Waals surface area contributed by atoms with Gasteiger partial charge in [-0.05, 0) is 33.4 Å². The van der Waals surface area contributed by atoms with Crippen molar-refractivity contribution in [3.05, 3.63) is 35.9 Å². The Morgan fingerprint density at radius 2 is 1.81 bits per heavy atom. The van der Waals surface area contributed by atoms with Gasteiger partial charge in [-0.15, -0.1) is 0 Å². The van der Waals surface area contributed by atoms with Gasteiger partial charge in [-0.3, -0.25) is 9.69 Å². The maximum absolute atomic E-state index is 11.2. The molecule has 3 nitrogen and oxygen atoms in total. The Bertz CT molecular complexity index is 359. The number of nitrogens with zero attached hydrogens (tertiary/aromatic N) is 1. The van der Waals surface area contributed by atoms with Crippen LogP contribution in [0.2, 0.25) is 0 Å². The minimum atomic E-state index is -0.866. The van der Waals surface area contributed by atoms with E-state index < -0.39 is 11.5 Å². The number of benzene rings is 1. The van der Waals surface area contributed by atoms with E-state index in [9.17, 15) is 4.79 Å². The molecule has 0 aliphatic heterocycles. The van der Waals surface area contributed by atoms with E-state index in [1.807, 2.05) is 49.2 Å². The van der Waals surface area contributed by atoms with Crippen LogP contribution >= 0.6 is 0 Å². The van der Waals surface area contributed by atoms with Crippen LogP contribution in [0.1, 0.15) is 32.4 Å². The first-order valence-corrected chi connectivity index (χ1v) is 5.38. The van der Waals surface area contributed by atoms with E-state index in [-0.39, 0.29) is 6.04 Å². The minimum absolute atomic E-state index is 0.0762. The van der Waals surface area contributed by atoms with E-state index in [1.54, 1.807) is 13.8 Å². The molecular weight excluding hydrogens is 202 g/mol. The number of carboxylic acid groups (broad SMARTS) is 1. The molecule has 16 heavy (non-hydrogen) atoms. The van der Waals surface area contributed by atoms with Crippen LogP contribution in [0.25, 0.3) is 0 Å². The van der Waals surface area contributed by atoms with Gasteiger partial charge < -0.3 is 5.11 Å². The average Bonchev–Trinajstić information content (AvgIpc) is 2.28. The van der Waals surface area contributed by atoms with Crippen LogP contribution in [0.15, 0.2) is 30.3 Å². The maximum atomic E-state index is 11.2. The molecule has 0 saturated heterocycles. The molecule has 0 spiro atoms. The Balaban J connectivity index is 2.91. The molecule has 0 fully saturated rings. The van der Waals surface area contributed by atoms with Gasteiger partial charge in [0.2, 0.25) is 0 Å². The molecule has 0 radical (unpaired) electrons. The number of hydrogen-bond acceptors (Lipinski definition) is 2. The Morgan fingerprint density at radius 3 is 2.25 bits per heavy atom. The summed E-state index contributed by atoms with van der Waals surface area (Å²) < 4.78 is 0. The fraction of sp³-hybridized carbons (Fsp3) is 0.462. The molecular formula is C13H19NO2. The lowest BCUT2D eigenvalue weighted by atomic mass is 9.98. The van der Waals surface area contributed by atoms with E-state index in [0.717, 1.165) is 5.56 Å². The van der Waals surface area contributed by atoms with Gasteiger partial charge in [0.15, 0.2) is 0 Å². The maximum Gasteiger partial charge on any atom is 0.323 e. The SMILES string of the molecule is CC(c1ccccc1)N(C)C(C)(C)C(=O)O. The van der Waals surface area contributed by atoms with Crippen LogP contribution < -0.4 is 0 Å². The van der Waals surface area contributed by atoms with Gasteiger partial charge in [0, 0.05) is 6.04 Å². The number of carboxylic acids is 1. The third kappa shape index (κ3) is 2.42. The van der Waals surface area contributed by atoms with Crippen molar-refractivity contribution < 1.29 is 9.90 Å². The summed E-state index contributed by atoms with van der Waals surface area (Å²) in [5.41, 5.74) is 0.259. The molecule has 0 amide bonds. The first-order valence-electron chi connectivity index (χ1n) is 5.38. The quantitative estimate of drug-likeness (QED) is 0.849. The van der Waals surface area contributed by atoms with Crippen LogP contribution in [0.5, 0.6) is 0 Å². The topological polar surface area (TPSA) is 40.5 Å². The van der Waals surface area contributed by atoms with Crippen molar-refractivity contribution in [2.45, 2.75) is 32.4 Å². The first-order chi connectivity index (χ1) is 7.37. The molecule has 1 unspecified atom stereocenters. The van der Waals surface area contributed by atoms with E-state index in [4.69, 9.17) is 5.11 Å². The highest BCUT2D eigenvalue weighted by Crippen LogP contribution is 2.26. The van der Waals surface area contributed by atoms with Crippen LogP contribution in [-0.4, -0.2) is 28.6 Å². The van der Waals surface area contributed by atoms with Gasteiger partial charge in [-0.25, -0.2) is 0 Å². The van der Waals surface area contributed by atoms with Gasteiger partial charge in [-0.2, -0.15) is 0 Å². The Kier molecular flexibility index (Phi) is 3.70. The van der Waals surface area contributed by atoms with E-state index in [0.29, 0.717) is 0 Å². The molecule has 1 rings (SSSR count). The molecule has 0 bridgehead atoms. The fourth-order valence-corrected chi connectivity index (χ4v) is 1.59. The van der Waals surface area contributed by atoms with E-state index >= 15 is 0 Å². The number of rotatable bonds is 4. The van der Waals surface area contributed by atoms with Crippen molar-refractivity contribution in [1.82, 2.24) is 4.90 Å². The predicted octanol–water partition coefficient (Wildman–Crippen LogP) is 2.54. The van der Waals surface area contributed by atoms with E-state index in [1.165, 1.54) is 0 Å². The fourth-order valence-electron chi connectivity index (χ4n) is 1.59. The molecule has 1 N–H and O–H groups in total. The summed E-state index contributed by atoms with van der Waals surface area (Å²) in [4.78, 5) is 13.0. The molecule has 0 aliphatic carbocycles. The summed E-state index contributed by atoms with van der Waals surface area (Å²) in [5, 5.41) is 9.17. The Hall–Kier alpha value is -1.35. The van der Waals surface area contributed by atoms with Crippen molar-refractivity contribution in [1.29, 1.82) is 0 Å². The zero-order valence-electron chi connectivity index (χ0n) is 10.3. The average molecular weight is 221 g/mol. The summed E-state index contributed by atoms with van der Waals surface area (Å²) in [6, 6.07) is 9.99. The summed E-state index contributed by atoms with van der Waals surface area (Å²) in [7, 11) is 1.84. The van der Waals surface area contributed by atoms with Crippen molar-refractivity contribution in [2.75, 3.05) is 7.05 Å². The van der Waals surface area contributed by atoms with Gasteiger partial charge in [0.25, 0.3) is 0 Å². The zero-order valence-corrected chi connectivity index (χ0v) is 10.3. The summed E-state index contributed by atoms with van der Waals surface area (Å²) in [6.45, 7) is 5.45. The third-order valence-electron chi connectivity index (χ3n) is 3.27. The van der Waals surface area contributed by atoms with Crippen molar-refractivity contribution in [3.8, 4) is 0 Å². The second-order valence-corrected chi connectivity index (χ2v) is 4.56. The molecule has 0 aliphatic rings. The highest BCUT2D eigenvalue weighted by Gasteiger charge is 2.34. The Labute approximate surface area is 96.7 Å².